The van der Waals surface area contributed by atoms with Gasteiger partial charge < -0.3 is 5.11 Å². The molecule has 0 saturated carbocycles. The molecule has 0 saturated heterocycles. The number of rotatable bonds is 0. The van der Waals surface area contributed by atoms with Crippen molar-refractivity contribution in [3.8, 4) is 24.7 Å². The summed E-state index contributed by atoms with van der Waals surface area (Å²) in [6.45, 7) is 6.67. The molecule has 0 radical (unpaired) electrons. The predicted octanol–water partition coefficient (Wildman–Crippen LogP) is 2.03. The largest absolute Gasteiger partial charge is 0.378 e. The molecule has 0 aromatic carbocycles. The molecule has 0 atom stereocenters. The second-order valence-corrected chi connectivity index (χ2v) is 4.27. The van der Waals surface area contributed by atoms with Gasteiger partial charge in [0.2, 0.25) is 0 Å². The lowest BCUT2D eigenvalue weighted by atomic mass is 10.2. The van der Waals surface area contributed by atoms with Crippen molar-refractivity contribution in [1.29, 1.82) is 0 Å². The van der Waals surface area contributed by atoms with Gasteiger partial charge in [0.15, 0.2) is 0 Å². The highest BCUT2D eigenvalue weighted by molar-refractivity contribution is 6.25. The van der Waals surface area contributed by atoms with Crippen LogP contribution in [0.2, 0.25) is 0 Å². The van der Waals surface area contributed by atoms with Crippen molar-refractivity contribution in [3.05, 3.63) is 0 Å². The molecule has 12 heavy (non-hydrogen) atoms. The average Bonchev–Trinajstić information content (AvgIpc) is 1.86. The van der Waals surface area contributed by atoms with Gasteiger partial charge in [-0.1, -0.05) is 11.8 Å². The average molecular weight is 187 g/mol. The highest BCUT2D eigenvalue weighted by Gasteiger charge is 2.04. The molecule has 0 heterocycles. The molecular formula is C10H15ClO. The second-order valence-electron chi connectivity index (χ2n) is 3.32. The SMILES string of the molecule is C#CC(C)(C)Cl.C#CC(C)(C)O. The molecule has 0 unspecified atom stereocenters. The summed E-state index contributed by atoms with van der Waals surface area (Å²) in [5.41, 5.74) is -0.931. The van der Waals surface area contributed by atoms with Crippen LogP contribution in [-0.2, 0) is 0 Å². The van der Waals surface area contributed by atoms with E-state index in [-0.39, 0.29) is 0 Å². The predicted molar refractivity (Wildman–Crippen MR) is 53.9 cm³/mol. The minimum Gasteiger partial charge on any atom is -0.378 e. The first-order valence-electron chi connectivity index (χ1n) is 3.49. The minimum absolute atomic E-state index is 0.458. The molecule has 0 bridgehead atoms. The summed E-state index contributed by atoms with van der Waals surface area (Å²) in [4.78, 5) is -0.458. The molecule has 2 heteroatoms. The van der Waals surface area contributed by atoms with E-state index in [1.165, 1.54) is 0 Å². The standard InChI is InChI=1S/C5H7Cl.C5H8O/c2*1-4-5(2,3)6/h1H,2-3H3;1,6H,2-3H3. The van der Waals surface area contributed by atoms with Crippen LogP contribution in [0.5, 0.6) is 0 Å². The summed E-state index contributed by atoms with van der Waals surface area (Å²) in [5.74, 6) is 4.53. The fourth-order valence-electron chi connectivity index (χ4n) is 0. The summed E-state index contributed by atoms with van der Waals surface area (Å²) in [6, 6.07) is 0. The monoisotopic (exact) mass is 186 g/mol. The minimum atomic E-state index is -0.931. The van der Waals surface area contributed by atoms with E-state index in [0.717, 1.165) is 0 Å². The molecule has 0 aromatic rings. The van der Waals surface area contributed by atoms with E-state index in [4.69, 9.17) is 29.6 Å². The van der Waals surface area contributed by atoms with Crippen molar-refractivity contribution in [1.82, 2.24) is 0 Å². The van der Waals surface area contributed by atoms with E-state index in [1.54, 1.807) is 27.7 Å². The van der Waals surface area contributed by atoms with E-state index in [0.29, 0.717) is 0 Å². The molecule has 0 aliphatic heterocycles. The lowest BCUT2D eigenvalue weighted by Gasteiger charge is -2.04. The van der Waals surface area contributed by atoms with Crippen LogP contribution in [0.15, 0.2) is 0 Å². The highest BCUT2D eigenvalue weighted by Crippen LogP contribution is 2.08. The fourth-order valence-corrected chi connectivity index (χ4v) is 0. The van der Waals surface area contributed by atoms with Gasteiger partial charge in [-0.3, -0.25) is 0 Å². The van der Waals surface area contributed by atoms with Crippen molar-refractivity contribution < 1.29 is 5.11 Å². The molecule has 0 spiro atoms. The summed E-state index contributed by atoms with van der Waals surface area (Å²) in [5, 5.41) is 8.59. The number of hydrogen-bond donors (Lipinski definition) is 1. The Morgan fingerprint density at radius 3 is 1.25 bits per heavy atom. The lowest BCUT2D eigenvalue weighted by molar-refractivity contribution is 0.144. The van der Waals surface area contributed by atoms with Crippen molar-refractivity contribution in [2.45, 2.75) is 38.2 Å². The van der Waals surface area contributed by atoms with Crippen LogP contribution in [0.4, 0.5) is 0 Å². The van der Waals surface area contributed by atoms with Gasteiger partial charge in [0.25, 0.3) is 0 Å². The van der Waals surface area contributed by atoms with Gasteiger partial charge in [-0.25, -0.2) is 0 Å². The van der Waals surface area contributed by atoms with E-state index < -0.39 is 10.5 Å². The number of hydrogen-bond acceptors (Lipinski definition) is 1. The van der Waals surface area contributed by atoms with Gasteiger partial charge in [0, 0.05) is 0 Å². The van der Waals surface area contributed by atoms with Gasteiger partial charge in [-0.2, -0.15) is 0 Å². The normalized spacial score (nSPS) is 10.3. The molecule has 0 fully saturated rings. The Balaban J connectivity index is 0. The van der Waals surface area contributed by atoms with Crippen molar-refractivity contribution in [3.63, 3.8) is 0 Å². The Hall–Kier alpha value is -0.630. The topological polar surface area (TPSA) is 20.2 Å². The maximum absolute atomic E-state index is 8.59. The van der Waals surface area contributed by atoms with Gasteiger partial charge >= 0.3 is 0 Å². The van der Waals surface area contributed by atoms with E-state index in [9.17, 15) is 0 Å². The van der Waals surface area contributed by atoms with Crippen molar-refractivity contribution >= 4 is 11.6 Å². The van der Waals surface area contributed by atoms with Crippen LogP contribution in [0.1, 0.15) is 27.7 Å². The molecule has 1 nitrogen and oxygen atoms in total. The third-order valence-corrected chi connectivity index (χ3v) is 0.806. The van der Waals surface area contributed by atoms with Gasteiger partial charge in [0.1, 0.15) is 5.60 Å². The molecular weight excluding hydrogens is 172 g/mol. The quantitative estimate of drug-likeness (QED) is 0.454. The van der Waals surface area contributed by atoms with Gasteiger partial charge in [0.05, 0.1) is 4.87 Å². The van der Waals surface area contributed by atoms with Crippen molar-refractivity contribution in [2.24, 2.45) is 0 Å². The van der Waals surface area contributed by atoms with Gasteiger partial charge in [-0.05, 0) is 27.7 Å². The maximum Gasteiger partial charge on any atom is 0.119 e. The van der Waals surface area contributed by atoms with Crippen LogP contribution in [0.3, 0.4) is 0 Å². The van der Waals surface area contributed by atoms with Crippen LogP contribution in [-0.4, -0.2) is 15.6 Å². The Morgan fingerprint density at radius 2 is 1.25 bits per heavy atom. The van der Waals surface area contributed by atoms with Crippen LogP contribution < -0.4 is 0 Å². The number of halogens is 1. The Morgan fingerprint density at radius 1 is 1.08 bits per heavy atom. The third-order valence-electron chi connectivity index (χ3n) is 0.696. The number of alkyl halides is 1. The summed E-state index contributed by atoms with van der Waals surface area (Å²) in [6.07, 6.45) is 9.73. The zero-order valence-electron chi connectivity index (χ0n) is 7.98. The number of terminal acetylenes is 2. The molecule has 0 aliphatic carbocycles. The third kappa shape index (κ3) is 22.8. The van der Waals surface area contributed by atoms with Crippen LogP contribution in [0, 0.1) is 24.7 Å². The summed E-state index contributed by atoms with van der Waals surface area (Å²) < 4.78 is 0. The smallest absolute Gasteiger partial charge is 0.119 e. The maximum atomic E-state index is 8.59. The Bertz CT molecular complexity index is 168. The summed E-state index contributed by atoms with van der Waals surface area (Å²) in [7, 11) is 0. The van der Waals surface area contributed by atoms with Gasteiger partial charge in [-0.15, -0.1) is 24.4 Å². The highest BCUT2D eigenvalue weighted by atomic mass is 35.5. The number of aliphatic hydroxyl groups is 1. The zero-order chi connectivity index (χ0) is 10.4. The van der Waals surface area contributed by atoms with E-state index in [1.807, 2.05) is 0 Å². The Kier molecular flexibility index (Phi) is 5.91. The Labute approximate surface area is 80.1 Å². The fraction of sp³-hybridized carbons (Fsp3) is 0.600. The molecule has 0 rings (SSSR count). The lowest BCUT2D eigenvalue weighted by Crippen LogP contribution is -2.13. The van der Waals surface area contributed by atoms with E-state index in [2.05, 4.69) is 11.8 Å². The first-order valence-corrected chi connectivity index (χ1v) is 3.87. The van der Waals surface area contributed by atoms with Crippen LogP contribution >= 0.6 is 11.6 Å². The van der Waals surface area contributed by atoms with E-state index >= 15 is 0 Å². The molecule has 0 aromatic heterocycles. The first-order chi connectivity index (χ1) is 5.12. The zero-order valence-corrected chi connectivity index (χ0v) is 8.74. The summed E-state index contributed by atoms with van der Waals surface area (Å²) >= 11 is 5.48. The first kappa shape index (κ1) is 13.9. The second kappa shape index (κ2) is 5.09. The molecule has 0 aliphatic rings. The van der Waals surface area contributed by atoms with Crippen molar-refractivity contribution in [2.75, 3.05) is 0 Å². The molecule has 0 amide bonds. The molecule has 68 valence electrons. The molecule has 1 N–H and O–H groups in total. The van der Waals surface area contributed by atoms with Crippen LogP contribution in [0.25, 0.3) is 0 Å².